The number of imidazole rings is 2. The van der Waals surface area contributed by atoms with Crippen molar-refractivity contribution < 1.29 is 8.42 Å². The summed E-state index contributed by atoms with van der Waals surface area (Å²) in [4.78, 5) is 8.51. The van der Waals surface area contributed by atoms with Crippen LogP contribution in [-0.4, -0.2) is 27.4 Å². The molecule has 0 fully saturated rings. The summed E-state index contributed by atoms with van der Waals surface area (Å²) in [6, 6.07) is 11.2. The minimum atomic E-state index is -3.73. The Hall–Kier alpha value is -3.13. The number of aryl methyl sites for hydroxylation is 2. The van der Waals surface area contributed by atoms with Crippen LogP contribution >= 0.6 is 0 Å². The fourth-order valence-electron chi connectivity index (χ4n) is 2.70. The van der Waals surface area contributed by atoms with Gasteiger partial charge in [0.1, 0.15) is 5.65 Å². The third kappa shape index (κ3) is 3.06. The number of hydrogen-bond donors (Lipinski definition) is 1. The van der Waals surface area contributed by atoms with Crippen molar-refractivity contribution >= 4 is 21.4 Å². The second-order valence-corrected chi connectivity index (χ2v) is 7.79. The van der Waals surface area contributed by atoms with Gasteiger partial charge in [-0.3, -0.25) is 4.72 Å². The summed E-state index contributed by atoms with van der Waals surface area (Å²) < 4.78 is 31.0. The number of sulfonamides is 1. The van der Waals surface area contributed by atoms with Gasteiger partial charge in [0, 0.05) is 36.9 Å². The van der Waals surface area contributed by atoms with Crippen molar-refractivity contribution in [1.82, 2.24) is 18.9 Å². The monoisotopic (exact) mass is 367 g/mol. The van der Waals surface area contributed by atoms with Crippen LogP contribution in [0.5, 0.6) is 0 Å². The Bertz CT molecular complexity index is 1210. The lowest BCUT2D eigenvalue weighted by Crippen LogP contribution is -2.13. The first-order valence-electron chi connectivity index (χ1n) is 7.97. The van der Waals surface area contributed by atoms with Gasteiger partial charge >= 0.3 is 0 Å². The summed E-state index contributed by atoms with van der Waals surface area (Å²) in [7, 11) is -2.01. The normalized spacial score (nSPS) is 11.8. The minimum absolute atomic E-state index is 0.0198. The summed E-state index contributed by atoms with van der Waals surface area (Å²) in [5.74, 6) is 0. The molecule has 0 unspecified atom stereocenters. The molecule has 1 N–H and O–H groups in total. The van der Waals surface area contributed by atoms with E-state index in [-0.39, 0.29) is 5.03 Å². The predicted molar refractivity (Wildman–Crippen MR) is 99.4 cm³/mol. The van der Waals surface area contributed by atoms with Gasteiger partial charge in [0.25, 0.3) is 10.0 Å². The maximum absolute atomic E-state index is 12.4. The summed E-state index contributed by atoms with van der Waals surface area (Å²) in [6.07, 6.45) is 6.77. The number of benzene rings is 1. The van der Waals surface area contributed by atoms with Gasteiger partial charge in [-0.25, -0.2) is 9.97 Å². The molecule has 7 nitrogen and oxygen atoms in total. The van der Waals surface area contributed by atoms with Gasteiger partial charge in [-0.1, -0.05) is 12.1 Å². The van der Waals surface area contributed by atoms with E-state index >= 15 is 0 Å². The summed E-state index contributed by atoms with van der Waals surface area (Å²) in [5, 5.41) is -0.0198. The smallest absolute Gasteiger partial charge is 0.280 e. The molecule has 4 rings (SSSR count). The average Bonchev–Trinajstić information content (AvgIpc) is 3.21. The molecule has 0 saturated heterocycles. The Morgan fingerprint density at radius 2 is 1.96 bits per heavy atom. The highest BCUT2D eigenvalue weighted by molar-refractivity contribution is 7.92. The van der Waals surface area contributed by atoms with Crippen LogP contribution in [0, 0.1) is 6.92 Å². The van der Waals surface area contributed by atoms with Crippen LogP contribution in [0.25, 0.3) is 16.9 Å². The second kappa shape index (κ2) is 5.99. The highest BCUT2D eigenvalue weighted by atomic mass is 32.2. The van der Waals surface area contributed by atoms with Crippen LogP contribution in [0.1, 0.15) is 5.56 Å². The first kappa shape index (κ1) is 16.3. The van der Waals surface area contributed by atoms with Gasteiger partial charge < -0.3 is 8.97 Å². The van der Waals surface area contributed by atoms with Crippen LogP contribution in [-0.2, 0) is 17.1 Å². The van der Waals surface area contributed by atoms with Crippen molar-refractivity contribution in [2.75, 3.05) is 4.72 Å². The molecule has 0 saturated carbocycles. The van der Waals surface area contributed by atoms with Crippen LogP contribution < -0.4 is 4.72 Å². The van der Waals surface area contributed by atoms with E-state index in [0.29, 0.717) is 5.69 Å². The van der Waals surface area contributed by atoms with Crippen LogP contribution in [0.4, 0.5) is 5.69 Å². The largest absolute Gasteiger partial charge is 0.339 e. The summed E-state index contributed by atoms with van der Waals surface area (Å²) >= 11 is 0. The number of anilines is 1. The zero-order valence-corrected chi connectivity index (χ0v) is 15.1. The van der Waals surface area contributed by atoms with E-state index in [1.54, 1.807) is 29.8 Å². The van der Waals surface area contributed by atoms with Crippen molar-refractivity contribution in [3.05, 3.63) is 66.9 Å². The van der Waals surface area contributed by atoms with E-state index in [1.807, 2.05) is 41.9 Å². The van der Waals surface area contributed by atoms with Crippen molar-refractivity contribution in [3.63, 3.8) is 0 Å². The van der Waals surface area contributed by atoms with Gasteiger partial charge in [0.05, 0.1) is 12.0 Å². The Labute approximate surface area is 151 Å². The molecule has 132 valence electrons. The first-order chi connectivity index (χ1) is 12.4. The second-order valence-electron chi connectivity index (χ2n) is 6.16. The fraction of sp³-hybridized carbons (Fsp3) is 0.111. The topological polar surface area (TPSA) is 81.3 Å². The highest BCUT2D eigenvalue weighted by Gasteiger charge is 2.17. The highest BCUT2D eigenvalue weighted by Crippen LogP contribution is 2.24. The van der Waals surface area contributed by atoms with E-state index < -0.39 is 10.0 Å². The fourth-order valence-corrected chi connectivity index (χ4v) is 3.73. The molecule has 1 aromatic carbocycles. The van der Waals surface area contributed by atoms with E-state index in [2.05, 4.69) is 14.7 Å². The standard InChI is InChI=1S/C18H17N5O2S/c1-13-6-7-23-10-16(20-17(23)8-13)14-4-3-5-15(9-14)21-26(24,25)18-11-22(2)12-19-18/h3-12,21H,1-2H3. The third-order valence-electron chi connectivity index (χ3n) is 3.98. The van der Waals surface area contributed by atoms with Crippen molar-refractivity contribution in [3.8, 4) is 11.3 Å². The number of aromatic nitrogens is 4. The molecule has 0 atom stereocenters. The molecule has 8 heteroatoms. The molecule has 4 aromatic rings. The van der Waals surface area contributed by atoms with Crippen LogP contribution in [0.15, 0.2) is 66.3 Å². The summed E-state index contributed by atoms with van der Waals surface area (Å²) in [5.41, 5.74) is 4.04. The Morgan fingerprint density at radius 1 is 1.12 bits per heavy atom. The lowest BCUT2D eigenvalue weighted by atomic mass is 10.1. The summed E-state index contributed by atoms with van der Waals surface area (Å²) in [6.45, 7) is 2.02. The van der Waals surface area contributed by atoms with Gasteiger partial charge in [-0.2, -0.15) is 8.42 Å². The van der Waals surface area contributed by atoms with E-state index in [9.17, 15) is 8.42 Å². The van der Waals surface area contributed by atoms with Gasteiger partial charge in [0.2, 0.25) is 0 Å². The third-order valence-corrected chi connectivity index (χ3v) is 5.25. The Kier molecular flexibility index (Phi) is 3.77. The molecule has 0 bridgehead atoms. The quantitative estimate of drug-likeness (QED) is 0.601. The maximum Gasteiger partial charge on any atom is 0.280 e. The molecule has 0 spiro atoms. The zero-order chi connectivity index (χ0) is 18.3. The average molecular weight is 367 g/mol. The number of nitrogens with zero attached hydrogens (tertiary/aromatic N) is 4. The number of pyridine rings is 1. The molecule has 3 aromatic heterocycles. The predicted octanol–water partition coefficient (Wildman–Crippen LogP) is 2.84. The van der Waals surface area contributed by atoms with E-state index in [0.717, 1.165) is 22.5 Å². The maximum atomic E-state index is 12.4. The van der Waals surface area contributed by atoms with Gasteiger partial charge in [0.15, 0.2) is 5.03 Å². The molecule has 0 radical (unpaired) electrons. The zero-order valence-electron chi connectivity index (χ0n) is 14.3. The lowest BCUT2D eigenvalue weighted by Gasteiger charge is -2.07. The molecule has 0 amide bonds. The van der Waals surface area contributed by atoms with Crippen LogP contribution in [0.3, 0.4) is 0 Å². The van der Waals surface area contributed by atoms with Crippen molar-refractivity contribution in [2.45, 2.75) is 11.9 Å². The Balaban J connectivity index is 1.67. The molecule has 3 heterocycles. The Morgan fingerprint density at radius 3 is 2.73 bits per heavy atom. The first-order valence-corrected chi connectivity index (χ1v) is 9.46. The molecule has 26 heavy (non-hydrogen) atoms. The number of hydrogen-bond acceptors (Lipinski definition) is 4. The van der Waals surface area contributed by atoms with Gasteiger partial charge in [-0.15, -0.1) is 0 Å². The van der Waals surface area contributed by atoms with Gasteiger partial charge in [-0.05, 0) is 36.8 Å². The molecule has 0 aliphatic carbocycles. The minimum Gasteiger partial charge on any atom is -0.339 e. The van der Waals surface area contributed by atoms with E-state index in [4.69, 9.17) is 0 Å². The number of fused-ring (bicyclic) bond motifs is 1. The molecular weight excluding hydrogens is 350 g/mol. The molecule has 0 aliphatic rings. The molecular formula is C18H17N5O2S. The van der Waals surface area contributed by atoms with E-state index in [1.165, 1.54) is 12.5 Å². The van der Waals surface area contributed by atoms with Crippen molar-refractivity contribution in [1.29, 1.82) is 0 Å². The van der Waals surface area contributed by atoms with Crippen LogP contribution in [0.2, 0.25) is 0 Å². The number of rotatable bonds is 4. The van der Waals surface area contributed by atoms with Crippen molar-refractivity contribution in [2.24, 2.45) is 7.05 Å². The SMILES string of the molecule is Cc1ccn2cc(-c3cccc(NS(=O)(=O)c4cn(C)cn4)c3)nc2c1. The molecule has 0 aliphatic heterocycles. The number of nitrogens with one attached hydrogen (secondary N) is 1. The lowest BCUT2D eigenvalue weighted by molar-refractivity contribution is 0.598.